The number of carbonyl (C=O) groups excluding carboxylic acids is 1. The van der Waals surface area contributed by atoms with E-state index in [1.54, 1.807) is 35.3 Å². The summed E-state index contributed by atoms with van der Waals surface area (Å²) >= 11 is 0. The molecule has 0 radical (unpaired) electrons. The topological polar surface area (TPSA) is 65.8 Å². The molecule has 1 amide bonds. The largest absolute Gasteiger partial charge is 0.433 e. The Hall–Kier alpha value is -2.98. The van der Waals surface area contributed by atoms with Gasteiger partial charge in [-0.25, -0.2) is 14.5 Å². The monoisotopic (exact) mass is 404 g/mol. The lowest BCUT2D eigenvalue weighted by Gasteiger charge is -2.32. The molecule has 0 aliphatic carbocycles. The molecule has 2 aromatic heterocycles. The van der Waals surface area contributed by atoms with E-state index in [1.807, 2.05) is 7.05 Å². The highest BCUT2D eigenvalue weighted by molar-refractivity contribution is 5.99. The van der Waals surface area contributed by atoms with E-state index in [2.05, 4.69) is 20.4 Å². The second-order valence-electron chi connectivity index (χ2n) is 6.92. The van der Waals surface area contributed by atoms with E-state index < -0.39 is 17.8 Å². The third kappa shape index (κ3) is 3.94. The van der Waals surface area contributed by atoms with Crippen LogP contribution in [0, 0.1) is 0 Å². The summed E-state index contributed by atoms with van der Waals surface area (Å²) in [5.74, 6) is -0.532. The zero-order chi connectivity index (χ0) is 20.6. The number of nitrogens with one attached hydrogen (secondary N) is 1. The molecule has 0 atom stereocenters. The number of hydrogen-bond donors (Lipinski definition) is 1. The van der Waals surface area contributed by atoms with Gasteiger partial charge in [-0.2, -0.15) is 18.3 Å². The Bertz CT molecular complexity index is 1030. The van der Waals surface area contributed by atoms with Crippen molar-refractivity contribution in [3.63, 3.8) is 0 Å². The van der Waals surface area contributed by atoms with E-state index in [9.17, 15) is 18.0 Å². The zero-order valence-electron chi connectivity index (χ0n) is 15.6. The highest BCUT2D eigenvalue weighted by Gasteiger charge is 2.36. The third-order valence-corrected chi connectivity index (χ3v) is 4.84. The van der Waals surface area contributed by atoms with Crippen molar-refractivity contribution in [2.75, 3.05) is 33.2 Å². The lowest BCUT2D eigenvalue weighted by atomic mass is 10.1. The molecule has 1 fully saturated rings. The van der Waals surface area contributed by atoms with Gasteiger partial charge in [0.05, 0.1) is 11.9 Å². The SMILES string of the molecule is CN1CCN(NC(=O)c2cnn3c(C(F)(F)F)cc(-c4ccccc4)nc23)CC1. The van der Waals surface area contributed by atoms with Gasteiger partial charge in [-0.1, -0.05) is 30.3 Å². The number of carbonyl (C=O) groups is 1. The second-order valence-corrected chi connectivity index (χ2v) is 6.92. The van der Waals surface area contributed by atoms with Crippen molar-refractivity contribution in [3.05, 3.63) is 53.9 Å². The highest BCUT2D eigenvalue weighted by atomic mass is 19.4. The summed E-state index contributed by atoms with van der Waals surface area (Å²) < 4.78 is 41.6. The molecule has 0 spiro atoms. The van der Waals surface area contributed by atoms with Gasteiger partial charge in [0.1, 0.15) is 5.56 Å². The Kier molecular flexibility index (Phi) is 4.97. The van der Waals surface area contributed by atoms with Crippen molar-refractivity contribution in [1.29, 1.82) is 0 Å². The van der Waals surface area contributed by atoms with Crippen molar-refractivity contribution in [2.24, 2.45) is 0 Å². The number of rotatable bonds is 3. The summed E-state index contributed by atoms with van der Waals surface area (Å²) in [7, 11) is 1.98. The van der Waals surface area contributed by atoms with Crippen molar-refractivity contribution in [2.45, 2.75) is 6.18 Å². The van der Waals surface area contributed by atoms with Crippen molar-refractivity contribution >= 4 is 11.6 Å². The van der Waals surface area contributed by atoms with Crippen LogP contribution in [0.4, 0.5) is 13.2 Å². The molecule has 7 nitrogen and oxygen atoms in total. The van der Waals surface area contributed by atoms with Gasteiger partial charge < -0.3 is 4.90 Å². The van der Waals surface area contributed by atoms with Crippen LogP contribution >= 0.6 is 0 Å². The molecule has 0 saturated carbocycles. The summed E-state index contributed by atoms with van der Waals surface area (Å²) in [5.41, 5.74) is 2.26. The molecule has 1 aromatic carbocycles. The van der Waals surface area contributed by atoms with Crippen molar-refractivity contribution in [3.8, 4) is 11.3 Å². The number of alkyl halides is 3. The average molecular weight is 404 g/mol. The van der Waals surface area contributed by atoms with Crippen LogP contribution in [0.2, 0.25) is 0 Å². The van der Waals surface area contributed by atoms with Crippen LogP contribution in [-0.4, -0.2) is 63.6 Å². The van der Waals surface area contributed by atoms with Gasteiger partial charge in [0.15, 0.2) is 11.3 Å². The summed E-state index contributed by atoms with van der Waals surface area (Å²) in [6, 6.07) is 9.47. The van der Waals surface area contributed by atoms with Crippen LogP contribution in [-0.2, 0) is 6.18 Å². The maximum absolute atomic E-state index is 13.6. The molecule has 4 rings (SSSR count). The lowest BCUT2D eigenvalue weighted by Crippen LogP contribution is -2.52. The molecule has 29 heavy (non-hydrogen) atoms. The van der Waals surface area contributed by atoms with Gasteiger partial charge >= 0.3 is 6.18 Å². The molecule has 152 valence electrons. The molecule has 3 heterocycles. The number of hydrogen-bond acceptors (Lipinski definition) is 5. The Morgan fingerprint density at radius 3 is 2.45 bits per heavy atom. The van der Waals surface area contributed by atoms with Gasteiger partial charge in [0.25, 0.3) is 5.91 Å². The normalized spacial score (nSPS) is 16.3. The van der Waals surface area contributed by atoms with E-state index in [0.29, 0.717) is 23.2 Å². The highest BCUT2D eigenvalue weighted by Crippen LogP contribution is 2.32. The van der Waals surface area contributed by atoms with Crippen LogP contribution in [0.1, 0.15) is 16.1 Å². The number of benzene rings is 1. The predicted octanol–water partition coefficient (Wildman–Crippen LogP) is 2.31. The minimum absolute atomic E-state index is 0.00721. The molecular weight excluding hydrogens is 385 g/mol. The number of hydrazine groups is 1. The van der Waals surface area contributed by atoms with Crippen LogP contribution in [0.3, 0.4) is 0 Å². The number of nitrogens with zero attached hydrogens (tertiary/aromatic N) is 5. The smallest absolute Gasteiger partial charge is 0.304 e. The Labute approximate surface area is 164 Å². The zero-order valence-corrected chi connectivity index (χ0v) is 15.6. The molecule has 1 saturated heterocycles. The summed E-state index contributed by atoms with van der Waals surface area (Å²) in [5, 5.41) is 5.54. The minimum atomic E-state index is -4.65. The Balaban J connectivity index is 1.74. The van der Waals surface area contributed by atoms with Crippen LogP contribution < -0.4 is 5.43 Å². The summed E-state index contributed by atoms with van der Waals surface area (Å²) in [6.45, 7) is 2.81. The molecule has 1 N–H and O–H groups in total. The standard InChI is InChI=1S/C19H19F3N6O/c1-26-7-9-27(10-8-26)25-18(29)14-12-23-28-16(19(20,21)22)11-15(24-17(14)28)13-5-3-2-4-6-13/h2-6,11-12H,7-10H2,1H3,(H,25,29). The number of halogens is 3. The van der Waals surface area contributed by atoms with Gasteiger partial charge in [-0.05, 0) is 13.1 Å². The molecular formula is C19H19F3N6O. The third-order valence-electron chi connectivity index (χ3n) is 4.84. The van der Waals surface area contributed by atoms with Gasteiger partial charge in [0, 0.05) is 31.7 Å². The summed E-state index contributed by atoms with van der Waals surface area (Å²) in [4.78, 5) is 19.2. The number of aromatic nitrogens is 3. The number of likely N-dealkylation sites (N-methyl/N-ethyl adjacent to an activating group) is 1. The molecule has 3 aromatic rings. The Morgan fingerprint density at radius 2 is 1.79 bits per heavy atom. The fraction of sp³-hybridized carbons (Fsp3) is 0.316. The van der Waals surface area contributed by atoms with E-state index in [0.717, 1.165) is 25.4 Å². The van der Waals surface area contributed by atoms with Crippen LogP contribution in [0.25, 0.3) is 16.9 Å². The fourth-order valence-electron chi connectivity index (χ4n) is 3.20. The van der Waals surface area contributed by atoms with E-state index in [1.165, 1.54) is 0 Å². The molecule has 1 aliphatic rings. The first-order valence-corrected chi connectivity index (χ1v) is 9.09. The van der Waals surface area contributed by atoms with Crippen LogP contribution in [0.15, 0.2) is 42.6 Å². The molecule has 0 unspecified atom stereocenters. The number of amides is 1. The van der Waals surface area contributed by atoms with Crippen molar-refractivity contribution < 1.29 is 18.0 Å². The lowest BCUT2D eigenvalue weighted by molar-refractivity contribution is -0.142. The van der Waals surface area contributed by atoms with E-state index in [4.69, 9.17) is 0 Å². The van der Waals surface area contributed by atoms with Crippen LogP contribution in [0.5, 0.6) is 0 Å². The summed E-state index contributed by atoms with van der Waals surface area (Å²) in [6.07, 6.45) is -3.53. The first kappa shape index (κ1) is 19.3. The van der Waals surface area contributed by atoms with Gasteiger partial charge in [-0.15, -0.1) is 0 Å². The maximum atomic E-state index is 13.6. The molecule has 10 heteroatoms. The van der Waals surface area contributed by atoms with E-state index >= 15 is 0 Å². The fourth-order valence-corrected chi connectivity index (χ4v) is 3.20. The van der Waals surface area contributed by atoms with Gasteiger partial charge in [0.2, 0.25) is 0 Å². The van der Waals surface area contributed by atoms with Crippen molar-refractivity contribution in [1.82, 2.24) is 29.9 Å². The number of piperazine rings is 1. The quantitative estimate of drug-likeness (QED) is 0.726. The van der Waals surface area contributed by atoms with E-state index in [-0.39, 0.29) is 16.9 Å². The minimum Gasteiger partial charge on any atom is -0.304 e. The Morgan fingerprint density at radius 1 is 1.10 bits per heavy atom. The predicted molar refractivity (Wildman–Crippen MR) is 100.0 cm³/mol. The first-order chi connectivity index (χ1) is 13.8. The average Bonchev–Trinajstić information content (AvgIpc) is 3.13. The molecule has 1 aliphatic heterocycles. The maximum Gasteiger partial charge on any atom is 0.433 e. The second kappa shape index (κ2) is 7.45. The number of fused-ring (bicyclic) bond motifs is 1. The first-order valence-electron chi connectivity index (χ1n) is 9.09. The van der Waals surface area contributed by atoms with Gasteiger partial charge in [-0.3, -0.25) is 10.2 Å². The molecule has 0 bridgehead atoms.